The maximum absolute atomic E-state index is 12.9. The van der Waals surface area contributed by atoms with Gasteiger partial charge in [-0.2, -0.15) is 10.1 Å². The molecule has 0 aliphatic carbocycles. The van der Waals surface area contributed by atoms with Crippen molar-refractivity contribution in [1.82, 2.24) is 24.6 Å². The largest absolute Gasteiger partial charge is 0.492 e. The molecule has 12 heteroatoms. The molecule has 0 amide bonds. The zero-order valence-electron chi connectivity index (χ0n) is 24.3. The van der Waals surface area contributed by atoms with Gasteiger partial charge >= 0.3 is 0 Å². The van der Waals surface area contributed by atoms with Gasteiger partial charge in [0.2, 0.25) is 20.8 Å². The summed E-state index contributed by atoms with van der Waals surface area (Å²) in [6.45, 7) is 14.5. The molecule has 0 unspecified atom stereocenters. The fourth-order valence-electron chi connectivity index (χ4n) is 4.99. The molecule has 218 valence electrons. The van der Waals surface area contributed by atoms with Gasteiger partial charge in [-0.15, -0.1) is 0 Å². The number of ether oxygens (including phenoxy) is 1. The Labute approximate surface area is 242 Å². The van der Waals surface area contributed by atoms with E-state index in [1.54, 1.807) is 27.1 Å². The van der Waals surface area contributed by atoms with E-state index in [0.717, 1.165) is 37.4 Å². The highest BCUT2D eigenvalue weighted by Crippen LogP contribution is 2.38. The average molecular weight is 590 g/mol. The molecular formula is C28H40ClN7O3S. The Balaban J connectivity index is 1.60. The molecule has 1 fully saturated rings. The lowest BCUT2D eigenvalue weighted by atomic mass is 9.86. The lowest BCUT2D eigenvalue weighted by molar-refractivity contribution is 0.171. The zero-order valence-corrected chi connectivity index (χ0v) is 25.9. The summed E-state index contributed by atoms with van der Waals surface area (Å²) >= 11 is 6.41. The molecule has 40 heavy (non-hydrogen) atoms. The summed E-state index contributed by atoms with van der Waals surface area (Å²) < 4.78 is 33.2. The third-order valence-corrected chi connectivity index (χ3v) is 9.65. The summed E-state index contributed by atoms with van der Waals surface area (Å²) in [4.78, 5) is 11.4. The van der Waals surface area contributed by atoms with E-state index in [2.05, 4.69) is 63.5 Å². The lowest BCUT2D eigenvalue weighted by Gasteiger charge is -2.35. The first-order valence-corrected chi connectivity index (χ1v) is 15.7. The minimum absolute atomic E-state index is 0.0572. The maximum atomic E-state index is 12.9. The Morgan fingerprint density at radius 1 is 1.12 bits per heavy atom. The van der Waals surface area contributed by atoms with Crippen molar-refractivity contribution in [3.05, 3.63) is 40.7 Å². The standard InChI is InChI=1S/C28H40ClN7O3S/c1-8-39-25-14-21(20-9-11-36(12-10-20)17(2)3)19(6)13-23(25)32-28-30-15-22(29)26(33-28)31-24-16-35(7)34-27(24)40(37,38)18(4)5/h13-18,20H,8-12H2,1-7H3,(H2,30,31,32,33). The highest BCUT2D eigenvalue weighted by Gasteiger charge is 2.28. The van der Waals surface area contributed by atoms with Crippen LogP contribution >= 0.6 is 11.6 Å². The molecule has 0 saturated carbocycles. The van der Waals surface area contributed by atoms with E-state index in [1.807, 2.05) is 6.92 Å². The summed E-state index contributed by atoms with van der Waals surface area (Å²) in [6, 6.07) is 4.79. The SMILES string of the molecule is CCOc1cc(C2CCN(C(C)C)CC2)c(C)cc1Nc1ncc(Cl)c(Nc2cn(C)nc2S(=O)(=O)C(C)C)n1. The summed E-state index contributed by atoms with van der Waals surface area (Å²) in [5.74, 6) is 1.78. The van der Waals surface area contributed by atoms with Crippen LogP contribution in [0, 0.1) is 6.92 Å². The highest BCUT2D eigenvalue weighted by atomic mass is 35.5. The maximum Gasteiger partial charge on any atom is 0.229 e. The van der Waals surface area contributed by atoms with Crippen LogP contribution in [0.15, 0.2) is 29.6 Å². The van der Waals surface area contributed by atoms with Gasteiger partial charge in [-0.25, -0.2) is 13.4 Å². The number of anilines is 4. The Morgan fingerprint density at radius 3 is 2.45 bits per heavy atom. The molecule has 3 aromatic rings. The predicted octanol–water partition coefficient (Wildman–Crippen LogP) is 5.83. The topological polar surface area (TPSA) is 114 Å². The number of piperidine rings is 1. The first kappa shape index (κ1) is 30.1. The van der Waals surface area contributed by atoms with Crippen LogP contribution in [0.25, 0.3) is 0 Å². The molecule has 1 aromatic carbocycles. The molecule has 1 saturated heterocycles. The van der Waals surface area contributed by atoms with Gasteiger partial charge in [0.15, 0.2) is 5.82 Å². The van der Waals surface area contributed by atoms with Gasteiger partial charge in [0, 0.05) is 19.3 Å². The van der Waals surface area contributed by atoms with Crippen molar-refractivity contribution >= 4 is 44.6 Å². The van der Waals surface area contributed by atoms with E-state index < -0.39 is 15.1 Å². The van der Waals surface area contributed by atoms with Crippen LogP contribution < -0.4 is 15.4 Å². The Bertz CT molecular complexity index is 1450. The first-order chi connectivity index (χ1) is 18.9. The second-order valence-electron chi connectivity index (χ2n) is 10.8. The minimum Gasteiger partial charge on any atom is -0.492 e. The van der Waals surface area contributed by atoms with Crippen molar-refractivity contribution in [1.29, 1.82) is 0 Å². The second-order valence-corrected chi connectivity index (χ2v) is 13.6. The quantitative estimate of drug-likeness (QED) is 0.301. The number of hydrogen-bond acceptors (Lipinski definition) is 9. The Morgan fingerprint density at radius 2 is 1.82 bits per heavy atom. The monoisotopic (exact) mass is 589 g/mol. The van der Waals surface area contributed by atoms with Crippen molar-refractivity contribution in [2.24, 2.45) is 7.05 Å². The van der Waals surface area contributed by atoms with E-state index >= 15 is 0 Å². The number of sulfone groups is 1. The normalized spacial score (nSPS) is 15.2. The molecule has 2 N–H and O–H groups in total. The molecule has 1 aliphatic rings. The van der Waals surface area contributed by atoms with Crippen LogP contribution in [0.5, 0.6) is 5.75 Å². The van der Waals surface area contributed by atoms with Crippen LogP contribution in [-0.2, 0) is 16.9 Å². The number of aromatic nitrogens is 4. The minimum atomic E-state index is -3.63. The third-order valence-electron chi connectivity index (χ3n) is 7.30. The van der Waals surface area contributed by atoms with Gasteiger partial charge < -0.3 is 20.3 Å². The fourth-order valence-corrected chi connectivity index (χ4v) is 6.23. The predicted molar refractivity (Wildman–Crippen MR) is 160 cm³/mol. The number of rotatable bonds is 10. The molecule has 10 nitrogen and oxygen atoms in total. The van der Waals surface area contributed by atoms with Crippen molar-refractivity contribution in [3.8, 4) is 5.75 Å². The van der Waals surface area contributed by atoms with E-state index in [9.17, 15) is 8.42 Å². The second kappa shape index (κ2) is 12.3. The Hall–Kier alpha value is -2.89. The van der Waals surface area contributed by atoms with Crippen molar-refractivity contribution in [2.45, 2.75) is 76.6 Å². The number of likely N-dealkylation sites (tertiary alicyclic amines) is 1. The average Bonchev–Trinajstić information content (AvgIpc) is 3.28. The molecule has 0 atom stereocenters. The summed E-state index contributed by atoms with van der Waals surface area (Å²) in [7, 11) is -1.97. The number of nitrogens with one attached hydrogen (secondary N) is 2. The van der Waals surface area contributed by atoms with Crippen molar-refractivity contribution in [2.75, 3.05) is 30.3 Å². The molecule has 3 heterocycles. The summed E-state index contributed by atoms with van der Waals surface area (Å²) in [5, 5.41) is 10.0. The molecule has 4 rings (SSSR count). The molecule has 1 aliphatic heterocycles. The van der Waals surface area contributed by atoms with Crippen LogP contribution in [0.4, 0.5) is 23.1 Å². The number of nitrogens with zero attached hydrogens (tertiary/aromatic N) is 5. The van der Waals surface area contributed by atoms with Gasteiger partial charge in [-0.1, -0.05) is 11.6 Å². The smallest absolute Gasteiger partial charge is 0.229 e. The first-order valence-electron chi connectivity index (χ1n) is 13.8. The van der Waals surface area contributed by atoms with Gasteiger partial charge in [-0.05, 0) is 96.7 Å². The Kier molecular flexibility index (Phi) is 9.26. The van der Waals surface area contributed by atoms with Gasteiger partial charge in [-0.3, -0.25) is 4.68 Å². The van der Waals surface area contributed by atoms with Crippen molar-refractivity contribution in [3.63, 3.8) is 0 Å². The summed E-state index contributed by atoms with van der Waals surface area (Å²) in [5.41, 5.74) is 3.54. The summed E-state index contributed by atoms with van der Waals surface area (Å²) in [6.07, 6.45) is 5.29. The van der Waals surface area contributed by atoms with E-state index in [-0.39, 0.29) is 15.9 Å². The molecule has 2 aromatic heterocycles. The highest BCUT2D eigenvalue weighted by molar-refractivity contribution is 7.92. The fraction of sp³-hybridized carbons (Fsp3) is 0.536. The van der Waals surface area contributed by atoms with Gasteiger partial charge in [0.05, 0.1) is 29.4 Å². The number of benzene rings is 1. The van der Waals surface area contributed by atoms with Crippen LogP contribution in [0.2, 0.25) is 5.02 Å². The zero-order chi connectivity index (χ0) is 29.2. The van der Waals surface area contributed by atoms with E-state index in [0.29, 0.717) is 30.2 Å². The number of aryl methyl sites for hydroxylation is 2. The molecule has 0 radical (unpaired) electrons. The molecule has 0 spiro atoms. The van der Waals surface area contributed by atoms with Crippen LogP contribution in [0.1, 0.15) is 64.5 Å². The molecular weight excluding hydrogens is 550 g/mol. The van der Waals surface area contributed by atoms with Gasteiger partial charge in [0.1, 0.15) is 10.8 Å². The third kappa shape index (κ3) is 6.53. The van der Waals surface area contributed by atoms with Crippen LogP contribution in [-0.4, -0.2) is 64.1 Å². The number of hydrogen-bond donors (Lipinski definition) is 2. The van der Waals surface area contributed by atoms with Gasteiger partial charge in [0.25, 0.3) is 0 Å². The van der Waals surface area contributed by atoms with Crippen molar-refractivity contribution < 1.29 is 13.2 Å². The lowest BCUT2D eigenvalue weighted by Crippen LogP contribution is -2.37. The van der Waals surface area contributed by atoms with E-state index in [1.165, 1.54) is 22.0 Å². The van der Waals surface area contributed by atoms with E-state index in [4.69, 9.17) is 16.3 Å². The number of halogens is 1. The van der Waals surface area contributed by atoms with Crippen LogP contribution in [0.3, 0.4) is 0 Å². The molecule has 0 bridgehead atoms.